The van der Waals surface area contributed by atoms with Crippen molar-refractivity contribution in [2.45, 2.75) is 98.7 Å². The molecule has 0 aromatic heterocycles. The maximum atomic E-state index is 11.9. The molecule has 0 heterocycles. The van der Waals surface area contributed by atoms with Gasteiger partial charge in [-0.1, -0.05) is 41.0 Å². The van der Waals surface area contributed by atoms with Gasteiger partial charge in [0.2, 0.25) is 0 Å². The third-order valence-corrected chi connectivity index (χ3v) is 4.76. The van der Waals surface area contributed by atoms with Gasteiger partial charge in [-0.3, -0.25) is 9.59 Å². The number of ketones is 2. The van der Waals surface area contributed by atoms with Gasteiger partial charge in [0.1, 0.15) is 11.6 Å². The molecule has 0 atom stereocenters. The van der Waals surface area contributed by atoms with Crippen molar-refractivity contribution in [1.29, 1.82) is 0 Å². The summed E-state index contributed by atoms with van der Waals surface area (Å²) in [5, 5.41) is 18.0. The van der Waals surface area contributed by atoms with Gasteiger partial charge in [-0.05, 0) is 30.1 Å². The molecule has 4 heteroatoms. The van der Waals surface area contributed by atoms with E-state index in [0.29, 0.717) is 38.5 Å². The predicted molar refractivity (Wildman–Crippen MR) is 93.0 cm³/mol. The SMILES string of the molecule is CCC(C)(C)CCC(=O)CCCC(=O)CCC(C)(C)CC(O)O. The molecule has 0 radical (unpaired) electrons. The molecule has 0 rings (SSSR count). The van der Waals surface area contributed by atoms with E-state index in [1.54, 1.807) is 0 Å². The second-order valence-electron chi connectivity index (χ2n) is 8.30. The van der Waals surface area contributed by atoms with Crippen molar-refractivity contribution in [3.8, 4) is 0 Å². The van der Waals surface area contributed by atoms with E-state index in [9.17, 15) is 9.59 Å². The summed E-state index contributed by atoms with van der Waals surface area (Å²) in [7, 11) is 0. The van der Waals surface area contributed by atoms with E-state index < -0.39 is 6.29 Å². The van der Waals surface area contributed by atoms with Crippen LogP contribution >= 0.6 is 0 Å². The summed E-state index contributed by atoms with van der Waals surface area (Å²) in [5.74, 6) is 0.412. The monoisotopic (exact) mass is 328 g/mol. The minimum Gasteiger partial charge on any atom is -0.368 e. The first-order chi connectivity index (χ1) is 10.5. The Kier molecular flexibility index (Phi) is 9.86. The molecule has 4 nitrogen and oxygen atoms in total. The molecule has 0 saturated heterocycles. The molecule has 0 aliphatic rings. The fraction of sp³-hybridized carbons (Fsp3) is 0.895. The minimum absolute atomic E-state index is 0.159. The van der Waals surface area contributed by atoms with Gasteiger partial charge in [-0.25, -0.2) is 0 Å². The summed E-state index contributed by atoms with van der Waals surface area (Å²) in [6.07, 6.45) is 4.18. The van der Waals surface area contributed by atoms with Gasteiger partial charge in [-0.2, -0.15) is 0 Å². The number of aliphatic hydroxyl groups excluding tert-OH is 1. The Morgan fingerprint density at radius 1 is 0.826 bits per heavy atom. The first kappa shape index (κ1) is 22.3. The summed E-state index contributed by atoms with van der Waals surface area (Å²) in [6.45, 7) is 10.3. The van der Waals surface area contributed by atoms with Crippen LogP contribution in [0.1, 0.15) is 92.4 Å². The summed E-state index contributed by atoms with van der Waals surface area (Å²) >= 11 is 0. The topological polar surface area (TPSA) is 74.6 Å². The average Bonchev–Trinajstić information content (AvgIpc) is 2.42. The molecular formula is C19H36O4. The molecule has 0 bridgehead atoms. The molecule has 0 amide bonds. The second kappa shape index (κ2) is 10.2. The minimum atomic E-state index is -1.33. The van der Waals surface area contributed by atoms with Crippen LogP contribution in [0.25, 0.3) is 0 Å². The van der Waals surface area contributed by atoms with E-state index in [0.717, 1.165) is 12.8 Å². The lowest BCUT2D eigenvalue weighted by molar-refractivity contribution is -0.121. The first-order valence-corrected chi connectivity index (χ1v) is 8.87. The van der Waals surface area contributed by atoms with Crippen molar-refractivity contribution in [3.63, 3.8) is 0 Å². The van der Waals surface area contributed by atoms with Crippen LogP contribution in [-0.4, -0.2) is 28.1 Å². The van der Waals surface area contributed by atoms with E-state index >= 15 is 0 Å². The first-order valence-electron chi connectivity index (χ1n) is 8.87. The number of Topliss-reactive ketones (excluding diaryl/α,β-unsaturated/α-hetero) is 2. The Morgan fingerprint density at radius 2 is 1.26 bits per heavy atom. The average molecular weight is 328 g/mol. The second-order valence-corrected chi connectivity index (χ2v) is 8.30. The lowest BCUT2D eigenvalue weighted by Crippen LogP contribution is -2.21. The van der Waals surface area contributed by atoms with Crippen LogP contribution < -0.4 is 0 Å². The van der Waals surface area contributed by atoms with E-state index in [-0.39, 0.29) is 28.8 Å². The van der Waals surface area contributed by atoms with Crippen LogP contribution in [0.4, 0.5) is 0 Å². The van der Waals surface area contributed by atoms with Crippen molar-refractivity contribution in [1.82, 2.24) is 0 Å². The van der Waals surface area contributed by atoms with Crippen molar-refractivity contribution in [3.05, 3.63) is 0 Å². The van der Waals surface area contributed by atoms with E-state index in [1.165, 1.54) is 0 Å². The van der Waals surface area contributed by atoms with Gasteiger partial charge in [0.05, 0.1) is 0 Å². The van der Waals surface area contributed by atoms with Crippen LogP contribution in [0.3, 0.4) is 0 Å². The number of rotatable bonds is 13. The molecule has 0 aromatic rings. The lowest BCUT2D eigenvalue weighted by Gasteiger charge is -2.25. The highest BCUT2D eigenvalue weighted by atomic mass is 16.5. The Labute approximate surface area is 141 Å². The molecule has 0 aromatic carbocycles. The number of carbonyl (C=O) groups is 2. The molecule has 0 fully saturated rings. The fourth-order valence-corrected chi connectivity index (χ4v) is 2.46. The molecular weight excluding hydrogens is 292 g/mol. The van der Waals surface area contributed by atoms with Gasteiger partial charge in [0.25, 0.3) is 0 Å². The summed E-state index contributed by atoms with van der Waals surface area (Å²) < 4.78 is 0. The third-order valence-electron chi connectivity index (χ3n) is 4.76. The van der Waals surface area contributed by atoms with Crippen LogP contribution in [0.2, 0.25) is 0 Å². The van der Waals surface area contributed by atoms with Crippen LogP contribution in [0.5, 0.6) is 0 Å². The summed E-state index contributed by atoms with van der Waals surface area (Å²) in [6, 6.07) is 0. The number of aliphatic hydroxyl groups is 2. The zero-order valence-corrected chi connectivity index (χ0v) is 15.7. The smallest absolute Gasteiger partial charge is 0.151 e. The molecule has 136 valence electrons. The Balaban J connectivity index is 3.88. The molecule has 0 spiro atoms. The quantitative estimate of drug-likeness (QED) is 0.501. The number of carbonyl (C=O) groups excluding carboxylic acids is 2. The maximum Gasteiger partial charge on any atom is 0.151 e. The van der Waals surface area contributed by atoms with Gasteiger partial charge in [0, 0.05) is 32.1 Å². The Hall–Kier alpha value is -0.740. The van der Waals surface area contributed by atoms with Crippen molar-refractivity contribution in [2.24, 2.45) is 10.8 Å². The van der Waals surface area contributed by atoms with Crippen LogP contribution in [0, 0.1) is 10.8 Å². The third kappa shape index (κ3) is 12.4. The highest BCUT2D eigenvalue weighted by molar-refractivity contribution is 5.81. The molecule has 23 heavy (non-hydrogen) atoms. The standard InChI is InChI=1S/C19H36O4/c1-6-18(2,3)12-10-15(20)8-7-9-16(21)11-13-19(4,5)14-17(22)23/h17,22-23H,6-14H2,1-5H3. The number of hydrogen-bond acceptors (Lipinski definition) is 4. The highest BCUT2D eigenvalue weighted by Crippen LogP contribution is 2.28. The molecule has 0 aliphatic heterocycles. The van der Waals surface area contributed by atoms with Crippen molar-refractivity contribution >= 4 is 11.6 Å². The number of hydrogen-bond donors (Lipinski definition) is 2. The zero-order chi connectivity index (χ0) is 18.1. The largest absolute Gasteiger partial charge is 0.368 e. The zero-order valence-electron chi connectivity index (χ0n) is 15.7. The van der Waals surface area contributed by atoms with E-state index in [4.69, 9.17) is 10.2 Å². The normalized spacial score (nSPS) is 12.7. The predicted octanol–water partition coefficient (Wildman–Crippen LogP) is 4.02. The summed E-state index contributed by atoms with van der Waals surface area (Å²) in [5.41, 5.74) is -0.0419. The molecule has 0 saturated carbocycles. The van der Waals surface area contributed by atoms with Gasteiger partial charge >= 0.3 is 0 Å². The van der Waals surface area contributed by atoms with Crippen molar-refractivity contribution < 1.29 is 19.8 Å². The van der Waals surface area contributed by atoms with Crippen molar-refractivity contribution in [2.75, 3.05) is 0 Å². The summed E-state index contributed by atoms with van der Waals surface area (Å²) in [4.78, 5) is 23.7. The lowest BCUT2D eigenvalue weighted by atomic mass is 9.83. The Bertz CT molecular complexity index is 370. The van der Waals surface area contributed by atoms with E-state index in [1.807, 2.05) is 13.8 Å². The van der Waals surface area contributed by atoms with Gasteiger partial charge < -0.3 is 10.2 Å². The van der Waals surface area contributed by atoms with E-state index in [2.05, 4.69) is 20.8 Å². The van der Waals surface area contributed by atoms with Gasteiger partial charge in [-0.15, -0.1) is 0 Å². The molecule has 0 aliphatic carbocycles. The molecule has 0 unspecified atom stereocenters. The highest BCUT2D eigenvalue weighted by Gasteiger charge is 2.22. The van der Waals surface area contributed by atoms with Crippen LogP contribution in [0.15, 0.2) is 0 Å². The Morgan fingerprint density at radius 3 is 1.65 bits per heavy atom. The van der Waals surface area contributed by atoms with Crippen LogP contribution in [-0.2, 0) is 9.59 Å². The fourth-order valence-electron chi connectivity index (χ4n) is 2.46. The van der Waals surface area contributed by atoms with Gasteiger partial charge in [0.15, 0.2) is 6.29 Å². The maximum absolute atomic E-state index is 11.9. The molecule has 2 N–H and O–H groups in total.